The highest BCUT2D eigenvalue weighted by molar-refractivity contribution is 6.32. The van der Waals surface area contributed by atoms with Crippen molar-refractivity contribution < 1.29 is 17.9 Å². The van der Waals surface area contributed by atoms with Crippen molar-refractivity contribution in [3.8, 4) is 5.75 Å². The lowest BCUT2D eigenvalue weighted by molar-refractivity contribution is -0.274. The predicted molar refractivity (Wildman–Crippen MR) is 86.9 cm³/mol. The molecule has 1 heterocycles. The molecule has 1 atom stereocenters. The molecule has 8 heteroatoms. The monoisotopic (exact) mass is 374 g/mol. The SMILES string of the molecule is FC(F)(F)Oc1ccc(C2=NCC(c3cccc(Cl)c3)N2)cc1Cl. The summed E-state index contributed by atoms with van der Waals surface area (Å²) in [6.45, 7) is 0.494. The number of alkyl halides is 3. The Bertz CT molecular complexity index is 793. The van der Waals surface area contributed by atoms with Crippen molar-refractivity contribution in [1.29, 1.82) is 0 Å². The number of halogens is 5. The van der Waals surface area contributed by atoms with Gasteiger partial charge >= 0.3 is 6.36 Å². The number of amidine groups is 1. The van der Waals surface area contributed by atoms with Crippen molar-refractivity contribution in [2.75, 3.05) is 6.54 Å². The second kappa shape index (κ2) is 6.53. The maximum Gasteiger partial charge on any atom is 0.573 e. The topological polar surface area (TPSA) is 33.6 Å². The molecule has 1 aliphatic heterocycles. The fourth-order valence-corrected chi connectivity index (χ4v) is 2.80. The first-order valence-electron chi connectivity index (χ1n) is 6.94. The average molecular weight is 375 g/mol. The highest BCUT2D eigenvalue weighted by Crippen LogP contribution is 2.31. The molecular weight excluding hydrogens is 364 g/mol. The number of rotatable bonds is 3. The summed E-state index contributed by atoms with van der Waals surface area (Å²) in [5.41, 5.74) is 1.56. The largest absolute Gasteiger partial charge is 0.573 e. The number of hydrogen-bond donors (Lipinski definition) is 1. The second-order valence-corrected chi connectivity index (χ2v) is 5.98. The van der Waals surface area contributed by atoms with Crippen LogP contribution in [0.3, 0.4) is 0 Å². The van der Waals surface area contributed by atoms with E-state index in [2.05, 4.69) is 15.0 Å². The van der Waals surface area contributed by atoms with Gasteiger partial charge in [0.15, 0.2) is 0 Å². The summed E-state index contributed by atoms with van der Waals surface area (Å²) < 4.78 is 40.6. The standard InChI is InChI=1S/C16H11Cl2F3N2O/c17-11-3-1-2-9(6-11)13-8-22-15(23-13)10-4-5-14(12(18)7-10)24-16(19,20)21/h1-7,13H,8H2,(H,22,23). The Labute approximate surface area is 146 Å². The first-order chi connectivity index (χ1) is 11.3. The summed E-state index contributed by atoms with van der Waals surface area (Å²) in [5, 5.41) is 3.70. The fourth-order valence-electron chi connectivity index (χ4n) is 2.38. The minimum absolute atomic E-state index is 0.0522. The maximum atomic E-state index is 12.3. The van der Waals surface area contributed by atoms with Crippen LogP contribution >= 0.6 is 23.2 Å². The molecule has 0 saturated heterocycles. The zero-order valence-electron chi connectivity index (χ0n) is 12.1. The van der Waals surface area contributed by atoms with Crippen molar-refractivity contribution >= 4 is 29.0 Å². The van der Waals surface area contributed by atoms with Gasteiger partial charge in [0, 0.05) is 10.6 Å². The van der Waals surface area contributed by atoms with Crippen molar-refractivity contribution in [2.45, 2.75) is 12.4 Å². The van der Waals surface area contributed by atoms with Crippen LogP contribution < -0.4 is 10.1 Å². The van der Waals surface area contributed by atoms with E-state index in [1.807, 2.05) is 18.2 Å². The number of aliphatic imine (C=N–C) groups is 1. The van der Waals surface area contributed by atoms with Crippen LogP contribution in [0.1, 0.15) is 17.2 Å². The van der Waals surface area contributed by atoms with Gasteiger partial charge in [-0.1, -0.05) is 35.3 Å². The van der Waals surface area contributed by atoms with Crippen LogP contribution in [0.2, 0.25) is 10.0 Å². The lowest BCUT2D eigenvalue weighted by Crippen LogP contribution is -2.24. The predicted octanol–water partition coefficient (Wildman–Crippen LogP) is 4.98. The van der Waals surface area contributed by atoms with Crippen LogP contribution in [0, 0.1) is 0 Å². The van der Waals surface area contributed by atoms with Crippen LogP contribution in [0.5, 0.6) is 5.75 Å². The number of ether oxygens (including phenoxy) is 1. The Morgan fingerprint density at radius 3 is 2.58 bits per heavy atom. The Morgan fingerprint density at radius 2 is 1.92 bits per heavy atom. The first-order valence-corrected chi connectivity index (χ1v) is 7.69. The van der Waals surface area contributed by atoms with Gasteiger partial charge in [-0.05, 0) is 35.9 Å². The van der Waals surface area contributed by atoms with Crippen molar-refractivity contribution in [1.82, 2.24) is 5.32 Å². The average Bonchev–Trinajstić information content (AvgIpc) is 2.98. The summed E-state index contributed by atoms with van der Waals surface area (Å²) in [6, 6.07) is 11.4. The zero-order valence-corrected chi connectivity index (χ0v) is 13.6. The molecular formula is C16H11Cl2F3N2O. The van der Waals surface area contributed by atoms with E-state index in [-0.39, 0.29) is 11.1 Å². The smallest absolute Gasteiger partial charge is 0.404 e. The molecule has 0 amide bonds. The van der Waals surface area contributed by atoms with Gasteiger partial charge in [0.25, 0.3) is 0 Å². The fraction of sp³-hybridized carbons (Fsp3) is 0.188. The molecule has 0 aliphatic carbocycles. The molecule has 0 bridgehead atoms. The quantitative estimate of drug-likeness (QED) is 0.821. The Balaban J connectivity index is 1.75. The summed E-state index contributed by atoms with van der Waals surface area (Å²) in [5.74, 6) is 0.110. The van der Waals surface area contributed by atoms with Gasteiger partial charge in [-0.15, -0.1) is 13.2 Å². The summed E-state index contributed by atoms with van der Waals surface area (Å²) >= 11 is 11.8. The summed E-state index contributed by atoms with van der Waals surface area (Å²) in [4.78, 5) is 4.38. The van der Waals surface area contributed by atoms with Gasteiger partial charge in [0.1, 0.15) is 11.6 Å². The lowest BCUT2D eigenvalue weighted by Gasteiger charge is -2.14. The van der Waals surface area contributed by atoms with Gasteiger partial charge in [-0.2, -0.15) is 0 Å². The van der Waals surface area contributed by atoms with E-state index in [0.717, 1.165) is 5.56 Å². The molecule has 1 unspecified atom stereocenters. The van der Waals surface area contributed by atoms with Crippen LogP contribution in [-0.4, -0.2) is 18.7 Å². The lowest BCUT2D eigenvalue weighted by atomic mass is 10.1. The van der Waals surface area contributed by atoms with Gasteiger partial charge < -0.3 is 10.1 Å². The normalized spacial score (nSPS) is 17.4. The van der Waals surface area contributed by atoms with Crippen molar-refractivity contribution in [2.24, 2.45) is 4.99 Å². The molecule has 0 spiro atoms. The van der Waals surface area contributed by atoms with Gasteiger partial charge in [0.2, 0.25) is 0 Å². The molecule has 0 saturated carbocycles. The van der Waals surface area contributed by atoms with Crippen molar-refractivity contribution in [3.05, 3.63) is 63.6 Å². The summed E-state index contributed by atoms with van der Waals surface area (Å²) in [6.07, 6.45) is -4.79. The number of hydrogen-bond acceptors (Lipinski definition) is 3. The summed E-state index contributed by atoms with van der Waals surface area (Å²) in [7, 11) is 0. The van der Waals surface area contributed by atoms with Gasteiger partial charge in [-0.25, -0.2) is 0 Å². The molecule has 1 aliphatic rings. The first kappa shape index (κ1) is 16.9. The highest BCUT2D eigenvalue weighted by Gasteiger charge is 2.32. The third kappa shape index (κ3) is 3.94. The molecule has 24 heavy (non-hydrogen) atoms. The molecule has 0 aromatic heterocycles. The number of benzene rings is 2. The minimum Gasteiger partial charge on any atom is -0.404 e. The molecule has 3 rings (SSSR count). The number of nitrogens with zero attached hydrogens (tertiary/aromatic N) is 1. The second-order valence-electron chi connectivity index (χ2n) is 5.13. The van der Waals surface area contributed by atoms with E-state index in [4.69, 9.17) is 23.2 Å². The van der Waals surface area contributed by atoms with E-state index in [9.17, 15) is 13.2 Å². The zero-order chi connectivity index (χ0) is 17.3. The van der Waals surface area contributed by atoms with E-state index >= 15 is 0 Å². The molecule has 3 nitrogen and oxygen atoms in total. The minimum atomic E-state index is -4.79. The Hall–Kier alpha value is -1.92. The number of nitrogens with one attached hydrogen (secondary N) is 1. The van der Waals surface area contributed by atoms with Crippen molar-refractivity contribution in [3.63, 3.8) is 0 Å². The molecule has 0 fully saturated rings. The maximum absolute atomic E-state index is 12.3. The third-order valence-corrected chi connectivity index (χ3v) is 3.96. The Morgan fingerprint density at radius 1 is 1.12 bits per heavy atom. The van der Waals surface area contributed by atoms with Gasteiger partial charge in [0.05, 0.1) is 17.6 Å². The van der Waals surface area contributed by atoms with Crippen LogP contribution in [0.4, 0.5) is 13.2 Å². The van der Waals surface area contributed by atoms with E-state index in [1.54, 1.807) is 6.07 Å². The Kier molecular flexibility index (Phi) is 4.60. The van der Waals surface area contributed by atoms with E-state index in [0.29, 0.717) is 23.0 Å². The third-order valence-electron chi connectivity index (χ3n) is 3.42. The molecule has 2 aromatic carbocycles. The molecule has 2 aromatic rings. The van der Waals surface area contributed by atoms with Crippen LogP contribution in [0.25, 0.3) is 0 Å². The van der Waals surface area contributed by atoms with E-state index in [1.165, 1.54) is 18.2 Å². The molecule has 1 N–H and O–H groups in total. The molecule has 126 valence electrons. The molecule has 0 radical (unpaired) electrons. The highest BCUT2D eigenvalue weighted by atomic mass is 35.5. The van der Waals surface area contributed by atoms with Crippen LogP contribution in [0.15, 0.2) is 47.5 Å². The van der Waals surface area contributed by atoms with Gasteiger partial charge in [-0.3, -0.25) is 4.99 Å². The van der Waals surface area contributed by atoms with Crippen LogP contribution in [-0.2, 0) is 0 Å². The van der Waals surface area contributed by atoms with E-state index < -0.39 is 12.1 Å².